The molecule has 0 unspecified atom stereocenters. The number of unbranched alkanes of at least 4 members (excludes halogenated alkanes) is 1. The van der Waals surface area contributed by atoms with E-state index in [2.05, 4.69) is 61.7 Å². The van der Waals surface area contributed by atoms with Crippen LogP contribution >= 0.6 is 31.9 Å². The Kier molecular flexibility index (Phi) is 6.36. The average molecular weight is 350 g/mol. The molecule has 16 heavy (non-hydrogen) atoms. The van der Waals surface area contributed by atoms with Crippen molar-refractivity contribution >= 4 is 37.7 Å². The van der Waals surface area contributed by atoms with Gasteiger partial charge in [0.15, 0.2) is 0 Å². The highest BCUT2D eigenvalue weighted by Crippen LogP contribution is 2.20. The lowest BCUT2D eigenvalue weighted by atomic mass is 10.2. The highest BCUT2D eigenvalue weighted by molar-refractivity contribution is 9.10. The second-order valence-corrected chi connectivity index (χ2v) is 5.47. The van der Waals surface area contributed by atoms with E-state index in [4.69, 9.17) is 0 Å². The zero-order valence-electron chi connectivity index (χ0n) is 9.84. The van der Waals surface area contributed by atoms with Crippen molar-refractivity contribution in [2.24, 2.45) is 0 Å². The molecule has 90 valence electrons. The summed E-state index contributed by atoms with van der Waals surface area (Å²) in [5.41, 5.74) is 1.24. The van der Waals surface area contributed by atoms with Gasteiger partial charge in [-0.1, -0.05) is 29.3 Å². The molecule has 0 aliphatic rings. The Morgan fingerprint density at radius 1 is 1.38 bits per heavy atom. The number of aryl methyl sites for hydroxylation is 1. The molecular weight excluding hydrogens is 332 g/mol. The normalized spacial score (nSPS) is 10.5. The maximum atomic E-state index is 4.47. The summed E-state index contributed by atoms with van der Waals surface area (Å²) >= 11 is 6.97. The van der Waals surface area contributed by atoms with Crippen molar-refractivity contribution in [1.82, 2.24) is 4.98 Å². The number of aromatic nitrogens is 1. The van der Waals surface area contributed by atoms with Gasteiger partial charge in [0, 0.05) is 29.1 Å². The van der Waals surface area contributed by atoms with Crippen LogP contribution in [-0.2, 0) is 0 Å². The van der Waals surface area contributed by atoms with E-state index in [1.807, 2.05) is 6.20 Å². The van der Waals surface area contributed by atoms with E-state index in [0.29, 0.717) is 0 Å². The smallest absolute Gasteiger partial charge is 0.128 e. The molecule has 0 fully saturated rings. The minimum atomic E-state index is 0.980. The third-order valence-corrected chi connectivity index (χ3v) is 3.68. The molecule has 1 aromatic rings. The van der Waals surface area contributed by atoms with Crippen LogP contribution in [0.1, 0.15) is 25.3 Å². The molecular formula is C12H18Br2N2. The summed E-state index contributed by atoms with van der Waals surface area (Å²) in [5, 5.41) is 0.980. The van der Waals surface area contributed by atoms with Gasteiger partial charge in [-0.25, -0.2) is 4.98 Å². The second kappa shape index (κ2) is 7.28. The van der Waals surface area contributed by atoms with Gasteiger partial charge in [-0.15, -0.1) is 0 Å². The summed E-state index contributed by atoms with van der Waals surface area (Å²) in [4.78, 5) is 6.80. The first-order valence-corrected chi connectivity index (χ1v) is 7.53. The summed E-state index contributed by atoms with van der Waals surface area (Å²) in [6, 6.07) is 2.14. The van der Waals surface area contributed by atoms with Gasteiger partial charge in [0.1, 0.15) is 5.82 Å². The first-order valence-electron chi connectivity index (χ1n) is 5.62. The van der Waals surface area contributed by atoms with Gasteiger partial charge >= 0.3 is 0 Å². The second-order valence-electron chi connectivity index (χ2n) is 3.82. The van der Waals surface area contributed by atoms with Gasteiger partial charge in [0.25, 0.3) is 0 Å². The minimum absolute atomic E-state index is 0.980. The molecule has 0 saturated carbocycles. The zero-order valence-corrected chi connectivity index (χ0v) is 13.0. The van der Waals surface area contributed by atoms with Crippen molar-refractivity contribution in [3.05, 3.63) is 22.3 Å². The van der Waals surface area contributed by atoms with Crippen molar-refractivity contribution in [1.29, 1.82) is 0 Å². The molecule has 4 heteroatoms. The lowest BCUT2D eigenvalue weighted by Crippen LogP contribution is -2.27. The van der Waals surface area contributed by atoms with E-state index >= 15 is 0 Å². The van der Waals surface area contributed by atoms with Crippen LogP contribution < -0.4 is 4.90 Å². The van der Waals surface area contributed by atoms with E-state index in [0.717, 1.165) is 28.7 Å². The molecule has 0 bridgehead atoms. The minimum Gasteiger partial charge on any atom is -0.356 e. The first-order chi connectivity index (χ1) is 7.69. The van der Waals surface area contributed by atoms with Crippen LogP contribution in [0.3, 0.4) is 0 Å². The Labute approximate surface area is 115 Å². The number of halogens is 2. The highest BCUT2D eigenvalue weighted by atomic mass is 79.9. The van der Waals surface area contributed by atoms with Crippen LogP contribution in [-0.4, -0.2) is 23.4 Å². The van der Waals surface area contributed by atoms with Gasteiger partial charge in [0.2, 0.25) is 0 Å². The quantitative estimate of drug-likeness (QED) is 0.717. The lowest BCUT2D eigenvalue weighted by Gasteiger charge is -2.23. The molecule has 1 rings (SSSR count). The Hall–Kier alpha value is -0.0900. The first kappa shape index (κ1) is 14.0. The van der Waals surface area contributed by atoms with Crippen molar-refractivity contribution < 1.29 is 0 Å². The van der Waals surface area contributed by atoms with Crippen molar-refractivity contribution in [2.45, 2.75) is 26.7 Å². The summed E-state index contributed by atoms with van der Waals surface area (Å²) in [6.07, 6.45) is 4.32. The van der Waals surface area contributed by atoms with Gasteiger partial charge in [-0.05, 0) is 40.9 Å². The van der Waals surface area contributed by atoms with Gasteiger partial charge in [-0.3, -0.25) is 0 Å². The van der Waals surface area contributed by atoms with Crippen molar-refractivity contribution in [3.63, 3.8) is 0 Å². The van der Waals surface area contributed by atoms with Crippen LogP contribution in [0.15, 0.2) is 16.7 Å². The van der Waals surface area contributed by atoms with Crippen LogP contribution in [0.4, 0.5) is 5.82 Å². The maximum Gasteiger partial charge on any atom is 0.128 e. The molecule has 1 aromatic heterocycles. The Morgan fingerprint density at radius 2 is 2.12 bits per heavy atom. The number of hydrogen-bond donors (Lipinski definition) is 0. The fraction of sp³-hybridized carbons (Fsp3) is 0.583. The summed E-state index contributed by atoms with van der Waals surface area (Å²) in [5.74, 6) is 1.08. The lowest BCUT2D eigenvalue weighted by molar-refractivity contribution is 0.727. The Morgan fingerprint density at radius 3 is 2.69 bits per heavy atom. The monoisotopic (exact) mass is 348 g/mol. The van der Waals surface area contributed by atoms with Gasteiger partial charge < -0.3 is 4.90 Å². The van der Waals surface area contributed by atoms with Crippen molar-refractivity contribution in [3.8, 4) is 0 Å². The fourth-order valence-electron chi connectivity index (χ4n) is 1.49. The summed E-state index contributed by atoms with van der Waals surface area (Å²) in [7, 11) is 0. The number of anilines is 1. The molecule has 0 radical (unpaired) electrons. The number of nitrogens with zero attached hydrogens (tertiary/aromatic N) is 2. The number of pyridine rings is 1. The molecule has 0 saturated heterocycles. The standard InChI is InChI=1S/C12H18Br2N2/c1-3-4-6-16(7-5-13)12-8-10(2)11(14)9-15-12/h8-9H,3-7H2,1-2H3. The SMILES string of the molecule is CCCCN(CCBr)c1cc(C)c(Br)cn1. The molecule has 0 spiro atoms. The summed E-state index contributed by atoms with van der Waals surface area (Å²) in [6.45, 7) is 6.40. The Bertz CT molecular complexity index is 329. The average Bonchev–Trinajstić information content (AvgIpc) is 2.28. The number of rotatable bonds is 6. The van der Waals surface area contributed by atoms with E-state index < -0.39 is 0 Å². The molecule has 1 heterocycles. The van der Waals surface area contributed by atoms with E-state index in [9.17, 15) is 0 Å². The number of alkyl halides is 1. The molecule has 0 amide bonds. The van der Waals surface area contributed by atoms with Gasteiger partial charge in [-0.2, -0.15) is 0 Å². The maximum absolute atomic E-state index is 4.47. The molecule has 0 aliphatic heterocycles. The molecule has 0 aromatic carbocycles. The topological polar surface area (TPSA) is 16.1 Å². The summed E-state index contributed by atoms with van der Waals surface area (Å²) < 4.78 is 1.07. The largest absolute Gasteiger partial charge is 0.356 e. The predicted octanol–water partition coefficient (Wildman–Crippen LogP) is 4.15. The highest BCUT2D eigenvalue weighted by Gasteiger charge is 2.07. The predicted molar refractivity (Wildman–Crippen MR) is 77.6 cm³/mol. The van der Waals surface area contributed by atoms with Crippen LogP contribution in [0.2, 0.25) is 0 Å². The zero-order chi connectivity index (χ0) is 12.0. The molecule has 0 N–H and O–H groups in total. The van der Waals surface area contributed by atoms with Crippen LogP contribution in [0, 0.1) is 6.92 Å². The van der Waals surface area contributed by atoms with E-state index in [1.165, 1.54) is 18.4 Å². The van der Waals surface area contributed by atoms with E-state index in [1.54, 1.807) is 0 Å². The Balaban J connectivity index is 2.78. The van der Waals surface area contributed by atoms with Crippen LogP contribution in [0.25, 0.3) is 0 Å². The third-order valence-electron chi connectivity index (χ3n) is 2.49. The van der Waals surface area contributed by atoms with Crippen LogP contribution in [0.5, 0.6) is 0 Å². The molecule has 2 nitrogen and oxygen atoms in total. The molecule has 0 aliphatic carbocycles. The fourth-order valence-corrected chi connectivity index (χ4v) is 2.13. The molecule has 0 atom stereocenters. The number of hydrogen-bond acceptors (Lipinski definition) is 2. The van der Waals surface area contributed by atoms with Gasteiger partial charge in [0.05, 0.1) is 0 Å². The van der Waals surface area contributed by atoms with Crippen molar-refractivity contribution in [2.75, 3.05) is 23.3 Å². The third kappa shape index (κ3) is 4.06. The van der Waals surface area contributed by atoms with E-state index in [-0.39, 0.29) is 0 Å².